The first-order chi connectivity index (χ1) is 6.13. The molecule has 4 nitrogen and oxygen atoms in total. The number of esters is 1. The molecule has 0 aromatic carbocycles. The highest BCUT2D eigenvalue weighted by Crippen LogP contribution is 2.15. The van der Waals surface area contributed by atoms with Gasteiger partial charge >= 0.3 is 5.97 Å². The molecule has 0 aliphatic heterocycles. The van der Waals surface area contributed by atoms with Crippen molar-refractivity contribution in [1.29, 1.82) is 0 Å². The van der Waals surface area contributed by atoms with Crippen LogP contribution in [0, 0.1) is 0 Å². The van der Waals surface area contributed by atoms with Crippen LogP contribution >= 0.6 is 23.2 Å². The van der Waals surface area contributed by atoms with Crippen LogP contribution in [0.3, 0.4) is 0 Å². The van der Waals surface area contributed by atoms with E-state index in [1.165, 1.54) is 13.2 Å². The maximum Gasteiger partial charge on any atom is 0.310 e. The number of hydrogen-bond donors (Lipinski definition) is 0. The Morgan fingerprint density at radius 3 is 2.85 bits per heavy atom. The second-order valence-electron chi connectivity index (χ2n) is 2.24. The number of methoxy groups -OCH3 is 1. The SMILES string of the molecule is COC(=O)Cc1cc(Cl)nnc1Cl. The molecule has 0 spiro atoms. The lowest BCUT2D eigenvalue weighted by molar-refractivity contribution is -0.139. The Hall–Kier alpha value is -0.870. The van der Waals surface area contributed by atoms with Gasteiger partial charge in [0.2, 0.25) is 0 Å². The number of aromatic nitrogens is 2. The van der Waals surface area contributed by atoms with Crippen LogP contribution in [0.25, 0.3) is 0 Å². The third kappa shape index (κ3) is 2.82. The smallest absolute Gasteiger partial charge is 0.310 e. The molecule has 1 aromatic heterocycles. The average Bonchev–Trinajstić information content (AvgIpc) is 2.11. The van der Waals surface area contributed by atoms with Crippen LogP contribution < -0.4 is 0 Å². The second-order valence-corrected chi connectivity index (χ2v) is 2.98. The molecule has 1 rings (SSSR count). The number of carbonyl (C=O) groups excluding carboxylic acids is 1. The molecule has 0 fully saturated rings. The normalized spacial score (nSPS) is 9.77. The first-order valence-corrected chi connectivity index (χ1v) is 4.13. The molecule has 0 atom stereocenters. The van der Waals surface area contributed by atoms with Gasteiger partial charge in [0.1, 0.15) is 0 Å². The lowest BCUT2D eigenvalue weighted by Gasteiger charge is -2.00. The van der Waals surface area contributed by atoms with E-state index >= 15 is 0 Å². The van der Waals surface area contributed by atoms with Crippen molar-refractivity contribution in [3.63, 3.8) is 0 Å². The topological polar surface area (TPSA) is 52.1 Å². The molecule has 13 heavy (non-hydrogen) atoms. The van der Waals surface area contributed by atoms with Crippen LogP contribution in [0.1, 0.15) is 5.56 Å². The summed E-state index contributed by atoms with van der Waals surface area (Å²) in [5.74, 6) is -0.397. The molecule has 0 aliphatic rings. The van der Waals surface area contributed by atoms with Crippen molar-refractivity contribution in [3.05, 3.63) is 21.9 Å². The maximum absolute atomic E-state index is 10.9. The Morgan fingerprint density at radius 1 is 1.54 bits per heavy atom. The highest BCUT2D eigenvalue weighted by atomic mass is 35.5. The molecule has 0 saturated heterocycles. The van der Waals surface area contributed by atoms with E-state index in [-0.39, 0.29) is 16.7 Å². The number of ether oxygens (including phenoxy) is 1. The van der Waals surface area contributed by atoms with Crippen LogP contribution in [-0.4, -0.2) is 23.3 Å². The number of halogens is 2. The molecule has 0 N–H and O–H groups in total. The van der Waals surface area contributed by atoms with Crippen LogP contribution in [0.15, 0.2) is 6.07 Å². The van der Waals surface area contributed by atoms with Gasteiger partial charge in [0.05, 0.1) is 13.5 Å². The lowest BCUT2D eigenvalue weighted by Crippen LogP contribution is -2.06. The second kappa shape index (κ2) is 4.39. The third-order valence-electron chi connectivity index (χ3n) is 1.35. The molecule has 1 heterocycles. The molecule has 0 bridgehead atoms. The van der Waals surface area contributed by atoms with Gasteiger partial charge in [0.25, 0.3) is 0 Å². The third-order valence-corrected chi connectivity index (χ3v) is 1.86. The van der Waals surface area contributed by atoms with Gasteiger partial charge in [-0.1, -0.05) is 23.2 Å². The fourth-order valence-electron chi connectivity index (χ4n) is 0.740. The van der Waals surface area contributed by atoms with Gasteiger partial charge < -0.3 is 4.74 Å². The Bertz CT molecular complexity index is 330. The molecule has 70 valence electrons. The Kier molecular flexibility index (Phi) is 3.45. The quantitative estimate of drug-likeness (QED) is 0.710. The average molecular weight is 221 g/mol. The zero-order valence-electron chi connectivity index (χ0n) is 6.75. The summed E-state index contributed by atoms with van der Waals surface area (Å²) in [6.45, 7) is 0. The van der Waals surface area contributed by atoms with E-state index in [1.807, 2.05) is 0 Å². The van der Waals surface area contributed by atoms with Crippen LogP contribution in [0.4, 0.5) is 0 Å². The molecule has 6 heteroatoms. The summed E-state index contributed by atoms with van der Waals surface area (Å²) >= 11 is 11.2. The number of carbonyl (C=O) groups is 1. The summed E-state index contributed by atoms with van der Waals surface area (Å²) in [5, 5.41) is 7.40. The van der Waals surface area contributed by atoms with Gasteiger partial charge in [0.15, 0.2) is 10.3 Å². The van der Waals surface area contributed by atoms with Gasteiger partial charge in [-0.3, -0.25) is 4.79 Å². The predicted octanol–water partition coefficient (Wildman–Crippen LogP) is 1.50. The van der Waals surface area contributed by atoms with Crippen molar-refractivity contribution < 1.29 is 9.53 Å². The summed E-state index contributed by atoms with van der Waals surface area (Å²) in [4.78, 5) is 10.9. The van der Waals surface area contributed by atoms with E-state index in [2.05, 4.69) is 14.9 Å². The van der Waals surface area contributed by atoms with E-state index in [0.717, 1.165) is 0 Å². The van der Waals surface area contributed by atoms with Crippen LogP contribution in [-0.2, 0) is 16.0 Å². The molecule has 1 aromatic rings. The Labute approximate surface area is 84.8 Å². The highest BCUT2D eigenvalue weighted by Gasteiger charge is 2.09. The van der Waals surface area contributed by atoms with E-state index in [9.17, 15) is 4.79 Å². The van der Waals surface area contributed by atoms with Crippen LogP contribution in [0.5, 0.6) is 0 Å². The number of rotatable bonds is 2. The first kappa shape index (κ1) is 10.2. The van der Waals surface area contributed by atoms with E-state index < -0.39 is 5.97 Å². The summed E-state index contributed by atoms with van der Waals surface area (Å²) in [7, 11) is 1.30. The molecular weight excluding hydrogens is 215 g/mol. The molecule has 0 saturated carbocycles. The fourth-order valence-corrected chi connectivity index (χ4v) is 1.07. The highest BCUT2D eigenvalue weighted by molar-refractivity contribution is 6.31. The minimum absolute atomic E-state index is 0.0462. The first-order valence-electron chi connectivity index (χ1n) is 3.38. The summed E-state index contributed by atoms with van der Waals surface area (Å²) in [6.07, 6.45) is 0.0462. The summed E-state index contributed by atoms with van der Waals surface area (Å²) in [5.41, 5.74) is 0.508. The Morgan fingerprint density at radius 2 is 2.23 bits per heavy atom. The fraction of sp³-hybridized carbons (Fsp3) is 0.286. The minimum Gasteiger partial charge on any atom is -0.469 e. The van der Waals surface area contributed by atoms with Gasteiger partial charge in [-0.05, 0) is 6.07 Å². The lowest BCUT2D eigenvalue weighted by atomic mass is 10.2. The molecule has 0 amide bonds. The van der Waals surface area contributed by atoms with Crippen molar-refractivity contribution in [2.75, 3.05) is 7.11 Å². The van der Waals surface area contributed by atoms with Crippen molar-refractivity contribution in [1.82, 2.24) is 10.2 Å². The van der Waals surface area contributed by atoms with E-state index in [1.54, 1.807) is 0 Å². The standard InChI is InChI=1S/C7H6Cl2N2O2/c1-13-6(12)3-4-2-5(8)10-11-7(4)9/h2H,3H2,1H3. The van der Waals surface area contributed by atoms with Crippen molar-refractivity contribution in [2.45, 2.75) is 6.42 Å². The molecular formula is C7H6Cl2N2O2. The minimum atomic E-state index is -0.397. The monoisotopic (exact) mass is 220 g/mol. The zero-order chi connectivity index (χ0) is 9.84. The molecule has 0 aliphatic carbocycles. The van der Waals surface area contributed by atoms with Gasteiger partial charge in [-0.25, -0.2) is 0 Å². The zero-order valence-corrected chi connectivity index (χ0v) is 8.26. The van der Waals surface area contributed by atoms with E-state index in [0.29, 0.717) is 5.56 Å². The maximum atomic E-state index is 10.9. The Balaban J connectivity index is 2.87. The van der Waals surface area contributed by atoms with Crippen molar-refractivity contribution >= 4 is 29.2 Å². The van der Waals surface area contributed by atoms with Gasteiger partial charge in [-0.2, -0.15) is 0 Å². The van der Waals surface area contributed by atoms with Crippen molar-refractivity contribution in [3.8, 4) is 0 Å². The van der Waals surface area contributed by atoms with Gasteiger partial charge in [-0.15, -0.1) is 10.2 Å². The summed E-state index contributed by atoms with van der Waals surface area (Å²) < 4.78 is 4.46. The number of nitrogens with zero attached hydrogens (tertiary/aromatic N) is 2. The molecule has 0 radical (unpaired) electrons. The predicted molar refractivity (Wildman–Crippen MR) is 47.8 cm³/mol. The van der Waals surface area contributed by atoms with Crippen molar-refractivity contribution in [2.24, 2.45) is 0 Å². The van der Waals surface area contributed by atoms with Crippen LogP contribution in [0.2, 0.25) is 10.3 Å². The molecule has 0 unspecified atom stereocenters. The van der Waals surface area contributed by atoms with Gasteiger partial charge in [0, 0.05) is 5.56 Å². The summed E-state index contributed by atoms with van der Waals surface area (Å²) in [6, 6.07) is 1.48. The van der Waals surface area contributed by atoms with E-state index in [4.69, 9.17) is 23.2 Å². The number of hydrogen-bond acceptors (Lipinski definition) is 4. The largest absolute Gasteiger partial charge is 0.469 e.